The number of nitrogens with two attached hydrogens (primary N) is 1. The van der Waals surface area contributed by atoms with Gasteiger partial charge in [-0.15, -0.1) is 0 Å². The summed E-state index contributed by atoms with van der Waals surface area (Å²) < 4.78 is 1.33. The Morgan fingerprint density at radius 3 is 2.87 bits per heavy atom. The van der Waals surface area contributed by atoms with Gasteiger partial charge in [0.2, 0.25) is 5.03 Å². The van der Waals surface area contributed by atoms with Crippen LogP contribution in [-0.4, -0.2) is 11.1 Å². The minimum Gasteiger partial charge on any atom is -0.481 e. The van der Waals surface area contributed by atoms with Crippen molar-refractivity contribution in [3.05, 3.63) is 17.8 Å². The van der Waals surface area contributed by atoms with Gasteiger partial charge in [-0.3, -0.25) is 8.77 Å². The lowest BCUT2D eigenvalue weighted by molar-refractivity contribution is -0.535. The Hall–Kier alpha value is -1.01. The number of nitrogen functional groups attached to an aromatic ring is 1. The zero-order valence-corrected chi connectivity index (χ0v) is 9.89. The lowest BCUT2D eigenvalue weighted by Gasteiger charge is -2.14. The van der Waals surface area contributed by atoms with E-state index < -0.39 is 11.9 Å². The number of anilines is 1. The van der Waals surface area contributed by atoms with Crippen LogP contribution in [0, 0.1) is 0 Å². The second kappa shape index (κ2) is 4.67. The number of pyridine rings is 1. The molecule has 6 heteroatoms. The minimum absolute atomic E-state index is 0.338. The molecule has 0 aliphatic carbocycles. The van der Waals surface area contributed by atoms with Crippen molar-refractivity contribution in [3.63, 3.8) is 0 Å². The second-order valence-corrected chi connectivity index (χ2v) is 3.95. The molecule has 4 nitrogen and oxygen atoms in total. The average molecular weight is 244 g/mol. The van der Waals surface area contributed by atoms with Crippen molar-refractivity contribution >= 4 is 37.1 Å². The third kappa shape index (κ3) is 2.32. The number of rotatable bonds is 3. The lowest BCUT2D eigenvalue weighted by atomic mass is 9.96. The van der Waals surface area contributed by atoms with Crippen molar-refractivity contribution in [3.8, 4) is 0 Å². The molecule has 82 valence electrons. The summed E-state index contributed by atoms with van der Waals surface area (Å²) in [6.07, 6.45) is 2.06. The normalized spacial score (nSPS) is 12.4. The van der Waals surface area contributed by atoms with E-state index in [4.69, 9.17) is 23.7 Å². The molecule has 1 atom stereocenters. The molecule has 0 aromatic carbocycles. The molecule has 3 N–H and O–H groups in total. The van der Waals surface area contributed by atoms with Crippen LogP contribution >= 0.6 is 12.6 Å². The molecule has 0 spiro atoms. The Kier molecular flexibility index (Phi) is 3.76. The van der Waals surface area contributed by atoms with Crippen LogP contribution in [0.3, 0.4) is 0 Å². The fraction of sp³-hybridized carbons (Fsp3) is 0.333. The van der Waals surface area contributed by atoms with Crippen molar-refractivity contribution in [2.75, 3.05) is 5.73 Å². The molecule has 0 aliphatic rings. The van der Waals surface area contributed by atoms with Crippen LogP contribution in [0.2, 0.25) is 0 Å². The van der Waals surface area contributed by atoms with E-state index in [1.165, 1.54) is 3.97 Å². The zero-order valence-electron chi connectivity index (χ0n) is 8.17. The van der Waals surface area contributed by atoms with E-state index in [0.29, 0.717) is 22.7 Å². The van der Waals surface area contributed by atoms with Crippen molar-refractivity contribution in [1.29, 1.82) is 0 Å². The monoisotopic (exact) mass is 244 g/mol. The molecule has 0 saturated heterocycles. The molecule has 0 fully saturated rings. The van der Waals surface area contributed by atoms with E-state index in [1.807, 2.05) is 0 Å². The molecule has 0 saturated carbocycles. The smallest absolute Gasteiger partial charge is 0.311 e. The van der Waals surface area contributed by atoms with Gasteiger partial charge in [-0.25, -0.2) is 0 Å². The molecular weight excluding hydrogens is 232 g/mol. The van der Waals surface area contributed by atoms with Gasteiger partial charge in [0.15, 0.2) is 6.20 Å². The molecule has 1 aromatic heterocycles. The molecule has 1 heterocycles. The third-order valence-electron chi connectivity index (χ3n) is 2.23. The number of carbonyl (C=O) groups is 1. The molecule has 0 amide bonds. The topological polar surface area (TPSA) is 67.2 Å². The van der Waals surface area contributed by atoms with E-state index in [0.717, 1.165) is 0 Å². The first-order valence-corrected chi connectivity index (χ1v) is 5.23. The summed E-state index contributed by atoms with van der Waals surface area (Å²) in [5.41, 5.74) is 6.67. The SMILES string of the molecule is CCC(C(=O)O)c1cc[n+]([S-])c(S)c1N. The van der Waals surface area contributed by atoms with Crippen molar-refractivity contribution in [2.45, 2.75) is 24.3 Å². The summed E-state index contributed by atoms with van der Waals surface area (Å²) in [7, 11) is 0. The highest BCUT2D eigenvalue weighted by molar-refractivity contribution is 7.80. The molecule has 1 aromatic rings. The Labute approximate surface area is 99.1 Å². The molecule has 1 unspecified atom stereocenters. The third-order valence-corrected chi connectivity index (χ3v) is 3.13. The van der Waals surface area contributed by atoms with E-state index in [1.54, 1.807) is 19.2 Å². The number of thiol groups is 1. The van der Waals surface area contributed by atoms with E-state index >= 15 is 0 Å². The fourth-order valence-electron chi connectivity index (χ4n) is 1.39. The van der Waals surface area contributed by atoms with Gasteiger partial charge in [-0.2, -0.15) is 0 Å². The summed E-state index contributed by atoms with van der Waals surface area (Å²) in [6.45, 7) is 1.80. The Morgan fingerprint density at radius 2 is 2.40 bits per heavy atom. The molecule has 0 radical (unpaired) electrons. The van der Waals surface area contributed by atoms with Crippen LogP contribution < -0.4 is 9.71 Å². The molecule has 0 aliphatic heterocycles. The molecule has 15 heavy (non-hydrogen) atoms. The van der Waals surface area contributed by atoms with Gasteiger partial charge >= 0.3 is 5.97 Å². The van der Waals surface area contributed by atoms with Gasteiger partial charge in [0.1, 0.15) is 5.69 Å². The predicted octanol–water partition coefficient (Wildman–Crippen LogP) is 0.733. The van der Waals surface area contributed by atoms with Crippen LogP contribution in [0.4, 0.5) is 5.69 Å². The summed E-state index contributed by atoms with van der Waals surface area (Å²) in [5.74, 6) is -1.49. The van der Waals surface area contributed by atoms with Gasteiger partial charge in [-0.05, 0) is 6.42 Å². The molecule has 1 rings (SSSR count). The Balaban J connectivity index is 3.25. The number of carboxylic acid groups (broad SMARTS) is 1. The van der Waals surface area contributed by atoms with Gasteiger partial charge < -0.3 is 23.7 Å². The van der Waals surface area contributed by atoms with Crippen LogP contribution in [0.5, 0.6) is 0 Å². The number of aromatic nitrogens is 1. The van der Waals surface area contributed by atoms with Crippen molar-refractivity contribution in [1.82, 2.24) is 0 Å². The Morgan fingerprint density at radius 1 is 1.80 bits per heavy atom. The first-order valence-electron chi connectivity index (χ1n) is 4.42. The van der Waals surface area contributed by atoms with Crippen molar-refractivity contribution < 1.29 is 13.9 Å². The van der Waals surface area contributed by atoms with E-state index in [9.17, 15) is 4.79 Å². The number of aliphatic carboxylic acids is 1. The lowest BCUT2D eigenvalue weighted by Crippen LogP contribution is -2.30. The quantitative estimate of drug-likeness (QED) is 0.417. The maximum absolute atomic E-state index is 11.0. The molecular formula is C9H12N2O2S2. The van der Waals surface area contributed by atoms with Crippen LogP contribution in [-0.2, 0) is 17.6 Å². The highest BCUT2D eigenvalue weighted by Crippen LogP contribution is 2.27. The summed E-state index contributed by atoms with van der Waals surface area (Å²) >= 11 is 9.03. The summed E-state index contributed by atoms with van der Waals surface area (Å²) in [4.78, 5) is 11.0. The van der Waals surface area contributed by atoms with Crippen LogP contribution in [0.1, 0.15) is 24.8 Å². The number of nitrogens with zero attached hydrogens (tertiary/aromatic N) is 1. The van der Waals surface area contributed by atoms with Gasteiger partial charge in [0.25, 0.3) is 0 Å². The van der Waals surface area contributed by atoms with Gasteiger partial charge in [-0.1, -0.05) is 19.6 Å². The fourth-order valence-corrected chi connectivity index (χ4v) is 1.74. The highest BCUT2D eigenvalue weighted by atomic mass is 32.1. The molecule has 0 bridgehead atoms. The average Bonchev–Trinajstić information content (AvgIpc) is 2.18. The number of hydrogen-bond acceptors (Lipinski definition) is 4. The number of carboxylic acids is 1. The minimum atomic E-state index is -0.890. The summed E-state index contributed by atoms with van der Waals surface area (Å²) in [5, 5.41) is 9.40. The van der Waals surface area contributed by atoms with Crippen molar-refractivity contribution in [2.24, 2.45) is 0 Å². The standard InChI is InChI=1S/C9H12N2O2S2/c1-2-5(9(12)13)6-3-4-11(15)8(14)7(6)10/h3-5,14H,2,10H2,1H3,(H,12,13). The second-order valence-electron chi connectivity index (χ2n) is 3.13. The van der Waals surface area contributed by atoms with Crippen LogP contribution in [0.15, 0.2) is 17.3 Å². The number of hydrogen-bond donors (Lipinski definition) is 3. The largest absolute Gasteiger partial charge is 0.481 e. The van der Waals surface area contributed by atoms with Crippen LogP contribution in [0.25, 0.3) is 0 Å². The first-order chi connectivity index (χ1) is 6.99. The maximum atomic E-state index is 11.0. The first kappa shape index (κ1) is 12.1. The maximum Gasteiger partial charge on any atom is 0.311 e. The predicted molar refractivity (Wildman–Crippen MR) is 61.7 cm³/mol. The van der Waals surface area contributed by atoms with Gasteiger partial charge in [0.05, 0.1) is 5.92 Å². The van der Waals surface area contributed by atoms with E-state index in [-0.39, 0.29) is 0 Å². The highest BCUT2D eigenvalue weighted by Gasteiger charge is 2.23. The summed E-state index contributed by atoms with van der Waals surface area (Å²) in [6, 6.07) is 1.63. The Bertz CT molecular complexity index is 396. The van der Waals surface area contributed by atoms with E-state index in [2.05, 4.69) is 12.6 Å². The zero-order chi connectivity index (χ0) is 11.6. The van der Waals surface area contributed by atoms with Gasteiger partial charge in [0, 0.05) is 11.6 Å².